The minimum absolute atomic E-state index is 0.222. The SMILES string of the molecule is COC(=O)/C(C)=C/COc1cc(OC)c(OC)c(OC)c1. The van der Waals surface area contributed by atoms with Crippen LogP contribution in [0.5, 0.6) is 23.0 Å². The summed E-state index contributed by atoms with van der Waals surface area (Å²) in [6.45, 7) is 1.88. The van der Waals surface area contributed by atoms with Crippen LogP contribution in [0.1, 0.15) is 6.92 Å². The minimum atomic E-state index is -0.386. The first kappa shape index (κ1) is 16.7. The second-order valence-electron chi connectivity index (χ2n) is 4.05. The lowest BCUT2D eigenvalue weighted by atomic mass is 10.2. The largest absolute Gasteiger partial charge is 0.493 e. The predicted molar refractivity (Wildman–Crippen MR) is 77.4 cm³/mol. The summed E-state index contributed by atoms with van der Waals surface area (Å²) in [5, 5.41) is 0. The van der Waals surface area contributed by atoms with E-state index in [1.807, 2.05) is 0 Å². The fourth-order valence-electron chi connectivity index (χ4n) is 1.65. The second-order valence-corrected chi connectivity index (χ2v) is 4.05. The molecule has 0 aliphatic carbocycles. The fraction of sp³-hybridized carbons (Fsp3) is 0.400. The molecule has 0 aliphatic heterocycles. The summed E-state index contributed by atoms with van der Waals surface area (Å²) in [5.41, 5.74) is 0.477. The lowest BCUT2D eigenvalue weighted by Crippen LogP contribution is -2.04. The Balaban J connectivity index is 2.87. The quantitative estimate of drug-likeness (QED) is 0.568. The summed E-state index contributed by atoms with van der Waals surface area (Å²) in [4.78, 5) is 11.2. The maximum atomic E-state index is 11.2. The molecule has 6 heteroatoms. The normalized spacial score (nSPS) is 10.8. The Hall–Kier alpha value is -2.37. The van der Waals surface area contributed by atoms with Crippen molar-refractivity contribution in [2.24, 2.45) is 0 Å². The van der Waals surface area contributed by atoms with E-state index < -0.39 is 0 Å². The molecule has 0 amide bonds. The highest BCUT2D eigenvalue weighted by molar-refractivity contribution is 5.87. The molecule has 0 fully saturated rings. The van der Waals surface area contributed by atoms with Crippen molar-refractivity contribution in [3.63, 3.8) is 0 Å². The molecule has 0 N–H and O–H groups in total. The summed E-state index contributed by atoms with van der Waals surface area (Å²) in [7, 11) is 5.92. The zero-order chi connectivity index (χ0) is 15.8. The third kappa shape index (κ3) is 4.30. The van der Waals surface area contributed by atoms with Gasteiger partial charge in [-0.25, -0.2) is 4.79 Å². The Labute approximate surface area is 124 Å². The number of hydrogen-bond donors (Lipinski definition) is 0. The first-order chi connectivity index (χ1) is 10.1. The summed E-state index contributed by atoms with van der Waals surface area (Å²) in [5.74, 6) is 1.65. The van der Waals surface area contributed by atoms with E-state index in [9.17, 15) is 4.79 Å². The molecule has 0 heterocycles. The molecule has 1 rings (SSSR count). The van der Waals surface area contributed by atoms with Crippen LogP contribution < -0.4 is 18.9 Å². The molecular weight excluding hydrogens is 276 g/mol. The van der Waals surface area contributed by atoms with Crippen LogP contribution in [-0.4, -0.2) is 41.0 Å². The number of ether oxygens (including phenoxy) is 5. The number of esters is 1. The lowest BCUT2D eigenvalue weighted by Gasteiger charge is -2.14. The van der Waals surface area contributed by atoms with Gasteiger partial charge in [-0.3, -0.25) is 0 Å². The van der Waals surface area contributed by atoms with E-state index in [2.05, 4.69) is 4.74 Å². The summed E-state index contributed by atoms with van der Waals surface area (Å²) in [6, 6.07) is 3.37. The van der Waals surface area contributed by atoms with Crippen LogP contribution in [-0.2, 0) is 9.53 Å². The van der Waals surface area contributed by atoms with Crippen molar-refractivity contribution < 1.29 is 28.5 Å². The van der Waals surface area contributed by atoms with Gasteiger partial charge in [0.05, 0.1) is 28.4 Å². The van der Waals surface area contributed by atoms with Gasteiger partial charge < -0.3 is 23.7 Å². The van der Waals surface area contributed by atoms with Crippen LogP contribution in [0.15, 0.2) is 23.8 Å². The van der Waals surface area contributed by atoms with Crippen molar-refractivity contribution >= 4 is 5.97 Å². The summed E-state index contributed by atoms with van der Waals surface area (Å²) < 4.78 is 25.8. The van der Waals surface area contributed by atoms with Crippen molar-refractivity contribution in [1.82, 2.24) is 0 Å². The topological polar surface area (TPSA) is 63.2 Å². The number of carbonyl (C=O) groups excluding carboxylic acids is 1. The van der Waals surface area contributed by atoms with Gasteiger partial charge in [0.2, 0.25) is 5.75 Å². The molecule has 0 bridgehead atoms. The fourth-order valence-corrected chi connectivity index (χ4v) is 1.65. The van der Waals surface area contributed by atoms with Crippen LogP contribution in [0.25, 0.3) is 0 Å². The van der Waals surface area contributed by atoms with E-state index in [1.165, 1.54) is 28.4 Å². The van der Waals surface area contributed by atoms with Crippen LogP contribution in [0.4, 0.5) is 0 Å². The Morgan fingerprint density at radius 2 is 1.62 bits per heavy atom. The monoisotopic (exact) mass is 296 g/mol. The van der Waals surface area contributed by atoms with E-state index in [1.54, 1.807) is 25.1 Å². The lowest BCUT2D eigenvalue weighted by molar-refractivity contribution is -0.136. The zero-order valence-corrected chi connectivity index (χ0v) is 12.9. The molecule has 0 spiro atoms. The molecule has 0 saturated heterocycles. The maximum Gasteiger partial charge on any atom is 0.333 e. The van der Waals surface area contributed by atoms with E-state index in [4.69, 9.17) is 18.9 Å². The van der Waals surface area contributed by atoms with Crippen molar-refractivity contribution in [2.75, 3.05) is 35.0 Å². The van der Waals surface area contributed by atoms with Gasteiger partial charge in [0, 0.05) is 17.7 Å². The Morgan fingerprint density at radius 3 is 2.05 bits per heavy atom. The Kier molecular flexibility index (Phi) is 6.39. The van der Waals surface area contributed by atoms with E-state index in [-0.39, 0.29) is 12.6 Å². The van der Waals surface area contributed by atoms with Crippen molar-refractivity contribution in [2.45, 2.75) is 6.92 Å². The van der Waals surface area contributed by atoms with Crippen LogP contribution in [0, 0.1) is 0 Å². The molecule has 116 valence electrons. The molecule has 0 radical (unpaired) electrons. The van der Waals surface area contributed by atoms with Crippen molar-refractivity contribution in [3.05, 3.63) is 23.8 Å². The molecule has 1 aromatic rings. The van der Waals surface area contributed by atoms with Crippen molar-refractivity contribution in [3.8, 4) is 23.0 Å². The van der Waals surface area contributed by atoms with Crippen LogP contribution in [0.2, 0.25) is 0 Å². The molecule has 21 heavy (non-hydrogen) atoms. The molecule has 6 nitrogen and oxygen atoms in total. The first-order valence-corrected chi connectivity index (χ1v) is 6.25. The van der Waals surface area contributed by atoms with Gasteiger partial charge in [-0.2, -0.15) is 0 Å². The van der Waals surface area contributed by atoms with Gasteiger partial charge in [-0.1, -0.05) is 0 Å². The smallest absolute Gasteiger partial charge is 0.333 e. The highest BCUT2D eigenvalue weighted by atomic mass is 16.5. The van der Waals surface area contributed by atoms with E-state index >= 15 is 0 Å². The summed E-state index contributed by atoms with van der Waals surface area (Å²) >= 11 is 0. The highest BCUT2D eigenvalue weighted by Crippen LogP contribution is 2.40. The molecular formula is C15H20O6. The number of methoxy groups -OCH3 is 4. The van der Waals surface area contributed by atoms with Gasteiger partial charge in [0.15, 0.2) is 11.5 Å². The molecule has 0 unspecified atom stereocenters. The molecule has 1 aromatic carbocycles. The molecule has 0 saturated carbocycles. The van der Waals surface area contributed by atoms with E-state index in [0.29, 0.717) is 28.6 Å². The highest BCUT2D eigenvalue weighted by Gasteiger charge is 2.13. The maximum absolute atomic E-state index is 11.2. The summed E-state index contributed by atoms with van der Waals surface area (Å²) in [6.07, 6.45) is 1.63. The van der Waals surface area contributed by atoms with Crippen LogP contribution in [0.3, 0.4) is 0 Å². The third-order valence-electron chi connectivity index (χ3n) is 2.79. The number of benzene rings is 1. The number of carbonyl (C=O) groups is 1. The zero-order valence-electron chi connectivity index (χ0n) is 12.9. The van der Waals surface area contributed by atoms with Gasteiger partial charge in [-0.05, 0) is 13.0 Å². The minimum Gasteiger partial charge on any atom is -0.493 e. The average molecular weight is 296 g/mol. The second kappa shape index (κ2) is 8.04. The molecule has 0 aromatic heterocycles. The molecule has 0 atom stereocenters. The van der Waals surface area contributed by atoms with Crippen LogP contribution >= 0.6 is 0 Å². The predicted octanol–water partition coefficient (Wildman–Crippen LogP) is 2.21. The standard InChI is InChI=1S/C15H20O6/c1-10(15(16)20-5)6-7-21-11-8-12(17-2)14(19-4)13(9-11)18-3/h6,8-9H,7H2,1-5H3/b10-6+. The Morgan fingerprint density at radius 1 is 1.05 bits per heavy atom. The third-order valence-corrected chi connectivity index (χ3v) is 2.79. The number of rotatable bonds is 7. The first-order valence-electron chi connectivity index (χ1n) is 6.25. The van der Waals surface area contributed by atoms with Gasteiger partial charge in [0.1, 0.15) is 12.4 Å². The average Bonchev–Trinajstić information content (AvgIpc) is 2.52. The van der Waals surface area contributed by atoms with Gasteiger partial charge in [-0.15, -0.1) is 0 Å². The van der Waals surface area contributed by atoms with Gasteiger partial charge >= 0.3 is 5.97 Å². The molecule has 0 aliphatic rings. The van der Waals surface area contributed by atoms with E-state index in [0.717, 1.165) is 0 Å². The van der Waals surface area contributed by atoms with Crippen molar-refractivity contribution in [1.29, 1.82) is 0 Å². The number of hydrogen-bond acceptors (Lipinski definition) is 6. The Bertz CT molecular complexity index is 496. The van der Waals surface area contributed by atoms with Gasteiger partial charge in [0.25, 0.3) is 0 Å².